The summed E-state index contributed by atoms with van der Waals surface area (Å²) in [7, 11) is -3.23. The molecule has 0 unspecified atom stereocenters. The number of carbonyl (C=O) groups is 1. The predicted molar refractivity (Wildman–Crippen MR) is 72.9 cm³/mol. The Morgan fingerprint density at radius 1 is 1.47 bits per heavy atom. The number of carbonyl (C=O) groups excluding carboxylic acids is 1. The van der Waals surface area contributed by atoms with E-state index in [0.29, 0.717) is 5.01 Å². The second-order valence-corrected chi connectivity index (χ2v) is 8.45. The summed E-state index contributed by atoms with van der Waals surface area (Å²) in [5, 5.41) is 3.06. The molecule has 1 aromatic heterocycles. The van der Waals surface area contributed by atoms with Gasteiger partial charge < -0.3 is 10.1 Å². The molecule has 0 aliphatic rings. The van der Waals surface area contributed by atoms with Gasteiger partial charge in [0.2, 0.25) is 0 Å². The third-order valence-corrected chi connectivity index (χ3v) is 5.28. The van der Waals surface area contributed by atoms with Crippen LogP contribution in [-0.2, 0) is 21.1 Å². The van der Waals surface area contributed by atoms with E-state index in [1.54, 1.807) is 27.7 Å². The fourth-order valence-corrected chi connectivity index (χ4v) is 3.36. The number of ether oxygens (including phenoxy) is 1. The minimum Gasteiger partial charge on any atom is -0.444 e. The number of hydrogen-bond donors (Lipinski definition) is 1. The minimum absolute atomic E-state index is 0.0358. The monoisotopic (exact) mass is 306 g/mol. The van der Waals surface area contributed by atoms with Gasteiger partial charge in [-0.25, -0.2) is 18.2 Å². The van der Waals surface area contributed by atoms with Crippen molar-refractivity contribution in [3.63, 3.8) is 0 Å². The van der Waals surface area contributed by atoms with Crippen molar-refractivity contribution in [3.05, 3.63) is 11.2 Å². The summed E-state index contributed by atoms with van der Waals surface area (Å²) in [6.45, 7) is 7.03. The first-order valence-electron chi connectivity index (χ1n) is 5.78. The lowest BCUT2D eigenvalue weighted by Crippen LogP contribution is -2.32. The molecule has 0 saturated heterocycles. The van der Waals surface area contributed by atoms with Crippen molar-refractivity contribution >= 4 is 27.3 Å². The van der Waals surface area contributed by atoms with Crippen LogP contribution in [0.15, 0.2) is 10.4 Å². The number of alkyl carbamates (subject to hydrolysis) is 1. The van der Waals surface area contributed by atoms with E-state index < -0.39 is 21.5 Å². The van der Waals surface area contributed by atoms with Crippen molar-refractivity contribution in [2.24, 2.45) is 0 Å². The number of nitrogens with zero attached hydrogens (tertiary/aromatic N) is 1. The van der Waals surface area contributed by atoms with Gasteiger partial charge in [0.15, 0.2) is 9.84 Å². The molecular weight excluding hydrogens is 288 g/mol. The van der Waals surface area contributed by atoms with E-state index >= 15 is 0 Å². The molecule has 108 valence electrons. The van der Waals surface area contributed by atoms with Gasteiger partial charge in [0.25, 0.3) is 0 Å². The van der Waals surface area contributed by atoms with Gasteiger partial charge in [-0.1, -0.05) is 6.92 Å². The van der Waals surface area contributed by atoms with Crippen molar-refractivity contribution in [1.82, 2.24) is 10.3 Å². The molecule has 0 aliphatic heterocycles. The van der Waals surface area contributed by atoms with Crippen LogP contribution in [0.3, 0.4) is 0 Å². The lowest BCUT2D eigenvalue weighted by atomic mass is 10.2. The van der Waals surface area contributed by atoms with Crippen molar-refractivity contribution in [2.75, 3.05) is 5.75 Å². The number of rotatable bonds is 4. The van der Waals surface area contributed by atoms with Crippen LogP contribution in [-0.4, -0.2) is 30.8 Å². The average Bonchev–Trinajstić information content (AvgIpc) is 2.73. The summed E-state index contributed by atoms with van der Waals surface area (Å²) < 4.78 is 28.5. The van der Waals surface area contributed by atoms with Gasteiger partial charge in [0.1, 0.15) is 14.8 Å². The van der Waals surface area contributed by atoms with Gasteiger partial charge in [-0.15, -0.1) is 11.3 Å². The topological polar surface area (TPSA) is 85.4 Å². The van der Waals surface area contributed by atoms with Crippen LogP contribution >= 0.6 is 11.3 Å². The van der Waals surface area contributed by atoms with Crippen LogP contribution < -0.4 is 5.32 Å². The summed E-state index contributed by atoms with van der Waals surface area (Å²) in [6.07, 6.45) is 0.762. The van der Waals surface area contributed by atoms with E-state index in [-0.39, 0.29) is 16.5 Å². The van der Waals surface area contributed by atoms with Gasteiger partial charge in [-0.3, -0.25) is 0 Å². The molecule has 1 rings (SSSR count). The molecule has 0 fully saturated rings. The zero-order valence-electron chi connectivity index (χ0n) is 11.4. The lowest BCUT2D eigenvalue weighted by Gasteiger charge is -2.19. The van der Waals surface area contributed by atoms with Crippen LogP contribution in [0.1, 0.15) is 32.7 Å². The summed E-state index contributed by atoms with van der Waals surface area (Å²) >= 11 is 1.06. The molecule has 0 aromatic carbocycles. The molecule has 6 nitrogen and oxygen atoms in total. The van der Waals surface area contributed by atoms with Crippen LogP contribution in [0.2, 0.25) is 0 Å². The minimum atomic E-state index is -3.23. The summed E-state index contributed by atoms with van der Waals surface area (Å²) in [4.78, 5) is 15.4. The Bertz CT molecular complexity index is 543. The van der Waals surface area contributed by atoms with E-state index in [2.05, 4.69) is 10.3 Å². The largest absolute Gasteiger partial charge is 0.444 e. The van der Waals surface area contributed by atoms with Gasteiger partial charge in [0.05, 0.1) is 18.5 Å². The van der Waals surface area contributed by atoms with E-state index in [0.717, 1.165) is 11.3 Å². The first kappa shape index (κ1) is 15.9. The fourth-order valence-electron chi connectivity index (χ4n) is 1.12. The third-order valence-electron chi connectivity index (χ3n) is 2.00. The Balaban J connectivity index is 2.59. The van der Waals surface area contributed by atoms with E-state index in [1.807, 2.05) is 0 Å². The highest BCUT2D eigenvalue weighted by Crippen LogP contribution is 2.19. The van der Waals surface area contributed by atoms with Crippen LogP contribution in [0.4, 0.5) is 4.79 Å². The average molecular weight is 306 g/mol. The zero-order chi connectivity index (χ0) is 14.7. The summed E-state index contributed by atoms with van der Waals surface area (Å²) in [5.74, 6) is 0.0358. The molecule has 8 heteroatoms. The molecular formula is C11H18N2O4S2. The lowest BCUT2D eigenvalue weighted by molar-refractivity contribution is 0.0523. The first-order valence-corrected chi connectivity index (χ1v) is 8.25. The van der Waals surface area contributed by atoms with Gasteiger partial charge in [0, 0.05) is 0 Å². The van der Waals surface area contributed by atoms with E-state index in [9.17, 15) is 13.2 Å². The smallest absolute Gasteiger partial charge is 0.408 e. The molecule has 1 aromatic rings. The molecule has 1 N–H and O–H groups in total. The Morgan fingerprint density at radius 3 is 2.63 bits per heavy atom. The molecule has 1 heterocycles. The molecule has 0 aliphatic carbocycles. The maximum absolute atomic E-state index is 11.6. The van der Waals surface area contributed by atoms with Crippen molar-refractivity contribution in [3.8, 4) is 0 Å². The molecule has 0 saturated carbocycles. The summed E-state index contributed by atoms with van der Waals surface area (Å²) in [5.41, 5.74) is -0.566. The molecule has 0 spiro atoms. The standard InChI is InChI=1S/C11H18N2O4S2/c1-5-19(15,16)9-7-12-8(18-9)6-13-10(14)17-11(2,3)4/h7H,5-6H2,1-4H3,(H,13,14). The van der Waals surface area contributed by atoms with Crippen molar-refractivity contribution in [2.45, 2.75) is 44.0 Å². The number of aromatic nitrogens is 1. The van der Waals surface area contributed by atoms with Gasteiger partial charge >= 0.3 is 6.09 Å². The van der Waals surface area contributed by atoms with Gasteiger partial charge in [-0.2, -0.15) is 0 Å². The molecule has 1 amide bonds. The zero-order valence-corrected chi connectivity index (χ0v) is 13.0. The maximum atomic E-state index is 11.6. The molecule has 0 bridgehead atoms. The maximum Gasteiger partial charge on any atom is 0.408 e. The Labute approximate surface area is 117 Å². The number of nitrogens with one attached hydrogen (secondary N) is 1. The van der Waals surface area contributed by atoms with Crippen LogP contribution in [0, 0.1) is 0 Å². The number of hydrogen-bond acceptors (Lipinski definition) is 6. The SMILES string of the molecule is CCS(=O)(=O)c1cnc(CNC(=O)OC(C)(C)C)s1. The first-order chi connectivity index (χ1) is 8.64. The second-order valence-electron chi connectivity index (χ2n) is 4.83. The van der Waals surface area contributed by atoms with Crippen molar-refractivity contribution < 1.29 is 17.9 Å². The Hall–Kier alpha value is -1.15. The number of amides is 1. The third kappa shape index (κ3) is 5.15. The highest BCUT2D eigenvalue weighted by molar-refractivity contribution is 7.93. The summed E-state index contributed by atoms with van der Waals surface area (Å²) in [6, 6.07) is 0. The Morgan fingerprint density at radius 2 is 2.11 bits per heavy atom. The normalized spacial score (nSPS) is 12.2. The number of sulfone groups is 1. The molecule has 0 atom stereocenters. The van der Waals surface area contributed by atoms with Crippen LogP contribution in [0.5, 0.6) is 0 Å². The Kier molecular flexibility index (Phi) is 4.92. The second kappa shape index (κ2) is 5.87. The quantitative estimate of drug-likeness (QED) is 0.919. The molecule has 19 heavy (non-hydrogen) atoms. The van der Waals surface area contributed by atoms with E-state index in [1.165, 1.54) is 6.20 Å². The highest BCUT2D eigenvalue weighted by Gasteiger charge is 2.18. The number of thiazole rings is 1. The van der Waals surface area contributed by atoms with Crippen molar-refractivity contribution in [1.29, 1.82) is 0 Å². The molecule has 0 radical (unpaired) electrons. The predicted octanol–water partition coefficient (Wildman–Crippen LogP) is 1.96. The van der Waals surface area contributed by atoms with E-state index in [4.69, 9.17) is 4.74 Å². The van der Waals surface area contributed by atoms with Gasteiger partial charge in [-0.05, 0) is 20.8 Å². The fraction of sp³-hybridized carbons (Fsp3) is 0.636. The highest BCUT2D eigenvalue weighted by atomic mass is 32.2. The van der Waals surface area contributed by atoms with Crippen LogP contribution in [0.25, 0.3) is 0 Å².